The number of nitrogens with zero attached hydrogens (tertiary/aromatic N) is 1. The zero-order valence-electron chi connectivity index (χ0n) is 16.0. The van der Waals surface area contributed by atoms with Crippen LogP contribution in [0, 0.1) is 0 Å². The molecule has 1 saturated carbocycles. The van der Waals surface area contributed by atoms with E-state index in [1.54, 1.807) is 0 Å². The molecule has 0 aliphatic heterocycles. The number of aliphatic hydroxyl groups excluding tert-OH is 2. The predicted octanol–water partition coefficient (Wildman–Crippen LogP) is 2.94. The molecule has 0 radical (unpaired) electrons. The predicted molar refractivity (Wildman–Crippen MR) is 109 cm³/mol. The Labute approximate surface area is 162 Å². The Morgan fingerprint density at radius 3 is 2.22 bits per heavy atom. The van der Waals surface area contributed by atoms with Gasteiger partial charge in [-0.3, -0.25) is 4.90 Å². The van der Waals surface area contributed by atoms with E-state index in [4.69, 9.17) is 0 Å². The molecular formula is C23H32N2O2. The Balaban J connectivity index is 1.70. The van der Waals surface area contributed by atoms with E-state index in [1.807, 2.05) is 12.1 Å². The Kier molecular flexibility index (Phi) is 7.84. The molecule has 0 bridgehead atoms. The molecule has 0 spiro atoms. The highest BCUT2D eigenvalue weighted by Gasteiger charge is 2.30. The van der Waals surface area contributed by atoms with Crippen LogP contribution in [0.4, 0.5) is 0 Å². The van der Waals surface area contributed by atoms with Crippen LogP contribution in [0.1, 0.15) is 36.8 Å². The summed E-state index contributed by atoms with van der Waals surface area (Å²) in [6.07, 6.45) is 4.03. The van der Waals surface area contributed by atoms with Crippen LogP contribution in [0.15, 0.2) is 60.7 Å². The third-order valence-corrected chi connectivity index (χ3v) is 5.49. The van der Waals surface area contributed by atoms with Crippen molar-refractivity contribution in [3.8, 4) is 0 Å². The van der Waals surface area contributed by atoms with Crippen LogP contribution >= 0.6 is 0 Å². The molecule has 27 heavy (non-hydrogen) atoms. The highest BCUT2D eigenvalue weighted by molar-refractivity contribution is 5.16. The lowest BCUT2D eigenvalue weighted by Gasteiger charge is -2.41. The van der Waals surface area contributed by atoms with Crippen molar-refractivity contribution in [2.75, 3.05) is 13.2 Å². The van der Waals surface area contributed by atoms with E-state index in [1.165, 1.54) is 24.0 Å². The van der Waals surface area contributed by atoms with E-state index >= 15 is 0 Å². The van der Waals surface area contributed by atoms with Gasteiger partial charge in [0, 0.05) is 31.7 Å². The van der Waals surface area contributed by atoms with Crippen LogP contribution in [0.2, 0.25) is 0 Å². The van der Waals surface area contributed by atoms with Crippen molar-refractivity contribution in [3.05, 3.63) is 71.8 Å². The van der Waals surface area contributed by atoms with Gasteiger partial charge in [0.1, 0.15) is 0 Å². The van der Waals surface area contributed by atoms with Gasteiger partial charge in [-0.15, -0.1) is 0 Å². The average Bonchev–Trinajstić information content (AvgIpc) is 2.73. The lowest BCUT2D eigenvalue weighted by Crippen LogP contribution is -2.53. The van der Waals surface area contributed by atoms with Gasteiger partial charge in [0.2, 0.25) is 0 Å². The molecule has 1 fully saturated rings. The number of hydrogen-bond donors (Lipinski definition) is 3. The van der Waals surface area contributed by atoms with Crippen LogP contribution in [-0.4, -0.2) is 46.5 Å². The number of rotatable bonds is 9. The van der Waals surface area contributed by atoms with Gasteiger partial charge < -0.3 is 15.5 Å². The molecule has 0 saturated heterocycles. The van der Waals surface area contributed by atoms with Crippen LogP contribution < -0.4 is 5.32 Å². The van der Waals surface area contributed by atoms with Crippen molar-refractivity contribution in [1.29, 1.82) is 0 Å². The molecule has 0 aromatic heterocycles. The van der Waals surface area contributed by atoms with Gasteiger partial charge in [-0.1, -0.05) is 73.5 Å². The Hall–Kier alpha value is -1.72. The highest BCUT2D eigenvalue weighted by atomic mass is 16.3. The first-order valence-electron chi connectivity index (χ1n) is 10.1. The number of aliphatic hydroxyl groups is 2. The van der Waals surface area contributed by atoms with Crippen LogP contribution in [0.25, 0.3) is 0 Å². The molecule has 2 aromatic rings. The van der Waals surface area contributed by atoms with Gasteiger partial charge >= 0.3 is 0 Å². The summed E-state index contributed by atoms with van der Waals surface area (Å²) in [5.74, 6) is 0. The van der Waals surface area contributed by atoms with E-state index < -0.39 is 6.10 Å². The van der Waals surface area contributed by atoms with Crippen molar-refractivity contribution in [1.82, 2.24) is 10.2 Å². The van der Waals surface area contributed by atoms with Crippen LogP contribution in [0.3, 0.4) is 0 Å². The first-order chi connectivity index (χ1) is 13.3. The molecule has 146 valence electrons. The molecule has 3 rings (SSSR count). The van der Waals surface area contributed by atoms with Crippen molar-refractivity contribution in [2.45, 2.75) is 57.0 Å². The minimum absolute atomic E-state index is 0.194. The summed E-state index contributed by atoms with van der Waals surface area (Å²) < 4.78 is 0. The van der Waals surface area contributed by atoms with Crippen molar-refractivity contribution in [3.63, 3.8) is 0 Å². The maximum absolute atomic E-state index is 10.1. The third-order valence-electron chi connectivity index (χ3n) is 5.49. The summed E-state index contributed by atoms with van der Waals surface area (Å²) in [5, 5.41) is 23.3. The van der Waals surface area contributed by atoms with E-state index in [-0.39, 0.29) is 6.61 Å². The summed E-state index contributed by atoms with van der Waals surface area (Å²) in [6.45, 7) is 1.97. The maximum Gasteiger partial charge on any atom is 0.0897 e. The number of benzene rings is 2. The van der Waals surface area contributed by atoms with Gasteiger partial charge in [0.25, 0.3) is 0 Å². The molecule has 0 amide bonds. The first kappa shape index (κ1) is 20.0. The minimum atomic E-state index is -0.703. The zero-order chi connectivity index (χ0) is 18.9. The highest BCUT2D eigenvalue weighted by Crippen LogP contribution is 2.25. The number of hydrogen-bond acceptors (Lipinski definition) is 4. The standard InChI is InChI=1S/C23H32N2O2/c26-18-21(27)17-25(16-20-11-5-2-6-12-20)23-14-8-7-13-22(23)24-15-19-9-3-1-4-10-19/h1-6,9-12,21-24,26-27H,7-8,13-18H2/t21-,22+,23+/m0/s1. The van der Waals surface area contributed by atoms with E-state index in [0.717, 1.165) is 25.9 Å². The lowest BCUT2D eigenvalue weighted by atomic mass is 9.88. The zero-order valence-corrected chi connectivity index (χ0v) is 16.0. The topological polar surface area (TPSA) is 55.7 Å². The Morgan fingerprint density at radius 1 is 0.926 bits per heavy atom. The minimum Gasteiger partial charge on any atom is -0.394 e. The largest absolute Gasteiger partial charge is 0.394 e. The smallest absolute Gasteiger partial charge is 0.0897 e. The molecule has 3 N–H and O–H groups in total. The Morgan fingerprint density at radius 2 is 1.56 bits per heavy atom. The van der Waals surface area contributed by atoms with Crippen molar-refractivity contribution >= 4 is 0 Å². The Bertz CT molecular complexity index is 650. The van der Waals surface area contributed by atoms with E-state index in [9.17, 15) is 10.2 Å². The fraction of sp³-hybridized carbons (Fsp3) is 0.478. The molecule has 2 aromatic carbocycles. The molecule has 1 aliphatic carbocycles. The number of nitrogens with one attached hydrogen (secondary N) is 1. The summed E-state index contributed by atoms with van der Waals surface area (Å²) in [5.41, 5.74) is 2.54. The molecule has 0 heterocycles. The molecular weight excluding hydrogens is 336 g/mol. The fourth-order valence-corrected chi connectivity index (χ4v) is 4.09. The fourth-order valence-electron chi connectivity index (χ4n) is 4.09. The van der Waals surface area contributed by atoms with E-state index in [0.29, 0.717) is 18.6 Å². The second kappa shape index (κ2) is 10.6. The second-order valence-corrected chi connectivity index (χ2v) is 7.58. The van der Waals surface area contributed by atoms with Crippen molar-refractivity contribution < 1.29 is 10.2 Å². The van der Waals surface area contributed by atoms with Crippen LogP contribution in [-0.2, 0) is 13.1 Å². The molecule has 1 aliphatic rings. The van der Waals surface area contributed by atoms with Gasteiger partial charge in [-0.2, -0.15) is 0 Å². The maximum atomic E-state index is 10.1. The average molecular weight is 369 g/mol. The first-order valence-corrected chi connectivity index (χ1v) is 10.1. The van der Waals surface area contributed by atoms with Gasteiger partial charge in [0.15, 0.2) is 0 Å². The van der Waals surface area contributed by atoms with Gasteiger partial charge in [0.05, 0.1) is 12.7 Å². The SMILES string of the molecule is OC[C@@H](O)CN(Cc1ccccc1)[C@@H]1CCCC[C@H]1NCc1ccccc1. The summed E-state index contributed by atoms with van der Waals surface area (Å²) >= 11 is 0. The summed E-state index contributed by atoms with van der Waals surface area (Å²) in [7, 11) is 0. The molecule has 4 heteroatoms. The third kappa shape index (κ3) is 6.15. The second-order valence-electron chi connectivity index (χ2n) is 7.58. The molecule has 3 atom stereocenters. The summed E-state index contributed by atoms with van der Waals surface area (Å²) in [6, 6.07) is 21.7. The van der Waals surface area contributed by atoms with Crippen LogP contribution in [0.5, 0.6) is 0 Å². The monoisotopic (exact) mass is 368 g/mol. The van der Waals surface area contributed by atoms with E-state index in [2.05, 4.69) is 58.7 Å². The van der Waals surface area contributed by atoms with Gasteiger partial charge in [-0.25, -0.2) is 0 Å². The molecule has 0 unspecified atom stereocenters. The van der Waals surface area contributed by atoms with Crippen molar-refractivity contribution in [2.24, 2.45) is 0 Å². The summed E-state index contributed by atoms with van der Waals surface area (Å²) in [4.78, 5) is 2.36. The quantitative estimate of drug-likeness (QED) is 0.637. The lowest BCUT2D eigenvalue weighted by molar-refractivity contribution is 0.0244. The van der Waals surface area contributed by atoms with Gasteiger partial charge in [-0.05, 0) is 24.0 Å². The normalized spacial score (nSPS) is 21.3. The molecule has 4 nitrogen and oxygen atoms in total.